The molecule has 0 aliphatic heterocycles. The maximum absolute atomic E-state index is 13.0. The molecule has 0 spiro atoms. The summed E-state index contributed by atoms with van der Waals surface area (Å²) in [5, 5.41) is 0. The minimum absolute atomic E-state index is 0.0308. The van der Waals surface area contributed by atoms with Gasteiger partial charge in [0.2, 0.25) is 5.91 Å². The van der Waals surface area contributed by atoms with Crippen LogP contribution in [0, 0.1) is 0 Å². The van der Waals surface area contributed by atoms with E-state index < -0.39 is 17.8 Å². The molecular formula is C15H19F3N2O2. The van der Waals surface area contributed by atoms with E-state index in [0.717, 1.165) is 18.9 Å². The van der Waals surface area contributed by atoms with E-state index >= 15 is 0 Å². The smallest absolute Gasteiger partial charge is 0.383 e. The fourth-order valence-corrected chi connectivity index (χ4v) is 2.36. The van der Waals surface area contributed by atoms with Crippen molar-refractivity contribution in [1.29, 1.82) is 0 Å². The van der Waals surface area contributed by atoms with Gasteiger partial charge in [0.1, 0.15) is 6.04 Å². The van der Waals surface area contributed by atoms with Crippen molar-refractivity contribution in [3.8, 4) is 0 Å². The van der Waals surface area contributed by atoms with Crippen molar-refractivity contribution in [3.63, 3.8) is 0 Å². The van der Waals surface area contributed by atoms with E-state index in [9.17, 15) is 18.0 Å². The fraction of sp³-hybridized carbons (Fsp3) is 0.533. The van der Waals surface area contributed by atoms with Gasteiger partial charge in [-0.2, -0.15) is 13.2 Å². The molecule has 1 unspecified atom stereocenters. The number of hydrogen-bond donors (Lipinski definition) is 1. The molecule has 7 heteroatoms. The molecule has 0 heterocycles. The van der Waals surface area contributed by atoms with Crippen molar-refractivity contribution in [1.82, 2.24) is 4.90 Å². The van der Waals surface area contributed by atoms with Crippen molar-refractivity contribution in [2.75, 3.05) is 13.7 Å². The second-order valence-corrected chi connectivity index (χ2v) is 5.41. The van der Waals surface area contributed by atoms with Gasteiger partial charge >= 0.3 is 6.18 Å². The number of rotatable bonds is 6. The van der Waals surface area contributed by atoms with Gasteiger partial charge in [0, 0.05) is 19.7 Å². The Morgan fingerprint density at radius 3 is 2.59 bits per heavy atom. The number of methoxy groups -OCH3 is 1. The van der Waals surface area contributed by atoms with E-state index in [0.29, 0.717) is 0 Å². The zero-order valence-electron chi connectivity index (χ0n) is 12.3. The molecule has 1 saturated carbocycles. The molecule has 1 amide bonds. The molecule has 1 fully saturated rings. The molecule has 22 heavy (non-hydrogen) atoms. The maximum Gasteiger partial charge on any atom is 0.416 e. The highest BCUT2D eigenvalue weighted by Gasteiger charge is 2.38. The number of nitrogens with zero attached hydrogens (tertiary/aromatic N) is 1. The zero-order chi connectivity index (χ0) is 16.3. The Morgan fingerprint density at radius 1 is 1.41 bits per heavy atom. The van der Waals surface area contributed by atoms with Crippen molar-refractivity contribution in [2.24, 2.45) is 5.73 Å². The zero-order valence-corrected chi connectivity index (χ0v) is 12.3. The number of carbonyl (C=O) groups is 1. The maximum atomic E-state index is 13.0. The van der Waals surface area contributed by atoms with Crippen molar-refractivity contribution in [3.05, 3.63) is 35.4 Å². The standard InChI is InChI=1S/C15H19F3N2O2/c1-22-9-13(19)14(21)20(11-6-7-11)8-10-4-2-3-5-12(10)15(16,17)18/h2-5,11,13H,6-9,19H2,1H3. The monoisotopic (exact) mass is 316 g/mol. The number of hydrogen-bond acceptors (Lipinski definition) is 3. The van der Waals surface area contributed by atoms with Gasteiger partial charge in [-0.25, -0.2) is 0 Å². The van der Waals surface area contributed by atoms with Gasteiger partial charge in [0.05, 0.1) is 12.2 Å². The molecule has 1 aromatic rings. The van der Waals surface area contributed by atoms with E-state index in [1.807, 2.05) is 0 Å². The van der Waals surface area contributed by atoms with Gasteiger partial charge in [-0.1, -0.05) is 18.2 Å². The highest BCUT2D eigenvalue weighted by atomic mass is 19.4. The van der Waals surface area contributed by atoms with Crippen LogP contribution in [0.3, 0.4) is 0 Å². The van der Waals surface area contributed by atoms with E-state index in [-0.39, 0.29) is 30.7 Å². The van der Waals surface area contributed by atoms with Crippen LogP contribution < -0.4 is 5.73 Å². The average molecular weight is 316 g/mol. The fourth-order valence-electron chi connectivity index (χ4n) is 2.36. The molecule has 0 saturated heterocycles. The quantitative estimate of drug-likeness (QED) is 0.875. The third-order valence-electron chi connectivity index (χ3n) is 3.60. The highest BCUT2D eigenvalue weighted by Crippen LogP contribution is 2.34. The minimum Gasteiger partial charge on any atom is -0.383 e. The summed E-state index contributed by atoms with van der Waals surface area (Å²) >= 11 is 0. The molecule has 0 bridgehead atoms. The van der Waals surface area contributed by atoms with Gasteiger partial charge in [0.25, 0.3) is 0 Å². The number of benzene rings is 1. The molecule has 2 rings (SSSR count). The lowest BCUT2D eigenvalue weighted by Crippen LogP contribution is -2.46. The topological polar surface area (TPSA) is 55.6 Å². The summed E-state index contributed by atoms with van der Waals surface area (Å²) in [7, 11) is 1.42. The van der Waals surface area contributed by atoms with Crippen LogP contribution in [0.5, 0.6) is 0 Å². The Kier molecular flexibility index (Phi) is 5.08. The van der Waals surface area contributed by atoms with E-state index in [1.165, 1.54) is 30.2 Å². The molecule has 122 valence electrons. The number of amides is 1. The Hall–Kier alpha value is -1.60. The van der Waals surface area contributed by atoms with Crippen LogP contribution in [0.25, 0.3) is 0 Å². The lowest BCUT2D eigenvalue weighted by molar-refractivity contribution is -0.140. The van der Waals surface area contributed by atoms with Crippen molar-refractivity contribution in [2.45, 2.75) is 37.6 Å². The Morgan fingerprint density at radius 2 is 2.05 bits per heavy atom. The molecule has 1 aromatic carbocycles. The summed E-state index contributed by atoms with van der Waals surface area (Å²) in [4.78, 5) is 13.8. The molecule has 1 aliphatic carbocycles. The molecular weight excluding hydrogens is 297 g/mol. The second-order valence-electron chi connectivity index (χ2n) is 5.41. The summed E-state index contributed by atoms with van der Waals surface area (Å²) < 4.78 is 44.0. The average Bonchev–Trinajstić information content (AvgIpc) is 3.28. The Labute approximate surface area is 127 Å². The first-order valence-electron chi connectivity index (χ1n) is 7.04. The Bertz CT molecular complexity index is 530. The van der Waals surface area contributed by atoms with E-state index in [4.69, 9.17) is 10.5 Å². The van der Waals surface area contributed by atoms with Crippen LogP contribution in [-0.4, -0.2) is 36.6 Å². The molecule has 1 atom stereocenters. The van der Waals surface area contributed by atoms with Crippen molar-refractivity contribution < 1.29 is 22.7 Å². The number of alkyl halides is 3. The Balaban J connectivity index is 2.21. The highest BCUT2D eigenvalue weighted by molar-refractivity contribution is 5.82. The van der Waals surface area contributed by atoms with Crippen LogP contribution >= 0.6 is 0 Å². The van der Waals surface area contributed by atoms with Crippen LogP contribution in [-0.2, 0) is 22.3 Å². The molecule has 1 aliphatic rings. The summed E-state index contributed by atoms with van der Waals surface area (Å²) in [5.74, 6) is -0.374. The van der Waals surface area contributed by atoms with Gasteiger partial charge in [-0.15, -0.1) is 0 Å². The SMILES string of the molecule is COCC(N)C(=O)N(Cc1ccccc1C(F)(F)F)C1CC1. The summed E-state index contributed by atoms with van der Waals surface area (Å²) in [6.45, 7) is -0.0421. The lowest BCUT2D eigenvalue weighted by Gasteiger charge is -2.26. The summed E-state index contributed by atoms with van der Waals surface area (Å²) in [6, 6.07) is 4.41. The summed E-state index contributed by atoms with van der Waals surface area (Å²) in [6.07, 6.45) is -2.86. The van der Waals surface area contributed by atoms with Gasteiger partial charge in [0.15, 0.2) is 0 Å². The number of nitrogens with two attached hydrogens (primary N) is 1. The predicted molar refractivity (Wildman–Crippen MR) is 74.9 cm³/mol. The first kappa shape index (κ1) is 16.8. The molecule has 2 N–H and O–H groups in total. The third-order valence-corrected chi connectivity index (χ3v) is 3.60. The van der Waals surface area contributed by atoms with Gasteiger partial charge < -0.3 is 15.4 Å². The molecule has 0 radical (unpaired) electrons. The normalized spacial score (nSPS) is 16.4. The second kappa shape index (κ2) is 6.66. The van der Waals surface area contributed by atoms with Gasteiger partial charge in [-0.05, 0) is 24.5 Å². The first-order chi connectivity index (χ1) is 10.3. The van der Waals surface area contributed by atoms with Gasteiger partial charge in [-0.3, -0.25) is 4.79 Å². The van der Waals surface area contributed by atoms with Crippen LogP contribution in [0.4, 0.5) is 13.2 Å². The first-order valence-corrected chi connectivity index (χ1v) is 7.04. The molecule has 4 nitrogen and oxygen atoms in total. The van der Waals surface area contributed by atoms with Crippen LogP contribution in [0.15, 0.2) is 24.3 Å². The van der Waals surface area contributed by atoms with Crippen LogP contribution in [0.2, 0.25) is 0 Å². The number of halogens is 3. The van der Waals surface area contributed by atoms with E-state index in [1.54, 1.807) is 0 Å². The number of ether oxygens (including phenoxy) is 1. The molecule has 0 aromatic heterocycles. The largest absolute Gasteiger partial charge is 0.416 e. The predicted octanol–water partition coefficient (Wildman–Crippen LogP) is 2.17. The lowest BCUT2D eigenvalue weighted by atomic mass is 10.1. The summed E-state index contributed by atoms with van der Waals surface area (Å²) in [5.41, 5.74) is 5.10. The van der Waals surface area contributed by atoms with E-state index in [2.05, 4.69) is 0 Å². The minimum atomic E-state index is -4.44. The van der Waals surface area contributed by atoms with Crippen LogP contribution in [0.1, 0.15) is 24.0 Å². The number of carbonyl (C=O) groups excluding carboxylic acids is 1. The van der Waals surface area contributed by atoms with Crippen molar-refractivity contribution >= 4 is 5.91 Å². The third kappa shape index (κ3) is 3.98.